The second-order valence-corrected chi connectivity index (χ2v) is 0. The van der Waals surface area contributed by atoms with Gasteiger partial charge in [-0.05, 0) is 0 Å². The van der Waals surface area contributed by atoms with Crippen LogP contribution in [-0.4, -0.2) is 34.7 Å². The molecule has 0 aromatic rings. The van der Waals surface area contributed by atoms with E-state index in [1.807, 2.05) is 0 Å². The van der Waals surface area contributed by atoms with Gasteiger partial charge in [-0.1, -0.05) is 7.43 Å². The molecule has 0 unspecified atom stereocenters. The molecular formula is CH4Al2O3. The third kappa shape index (κ3) is 86.2. The van der Waals surface area contributed by atoms with Crippen molar-refractivity contribution in [2.24, 2.45) is 0 Å². The van der Waals surface area contributed by atoms with Gasteiger partial charge in [0.25, 0.3) is 0 Å². The van der Waals surface area contributed by atoms with E-state index in [-0.39, 0.29) is 58.6 Å². The maximum absolute atomic E-state index is 0. The van der Waals surface area contributed by atoms with Crippen molar-refractivity contribution >= 4 is 34.7 Å². The summed E-state index contributed by atoms with van der Waals surface area (Å²) in [6, 6.07) is 0. The van der Waals surface area contributed by atoms with Crippen LogP contribution in [0.15, 0.2) is 0 Å². The molecule has 3 nitrogen and oxygen atoms in total. The monoisotopic (exact) mass is 118 g/mol. The quantitative estimate of drug-likeness (QED) is 0.384. The molecule has 0 radical (unpaired) electrons. The summed E-state index contributed by atoms with van der Waals surface area (Å²) in [7, 11) is 0. The molecule has 32 valence electrons. The van der Waals surface area contributed by atoms with Gasteiger partial charge in [0.05, 0.1) is 0 Å². The van der Waals surface area contributed by atoms with Gasteiger partial charge in [-0.2, -0.15) is 0 Å². The summed E-state index contributed by atoms with van der Waals surface area (Å²) in [6.07, 6.45) is 0. The molecule has 0 spiro atoms. The SMILES string of the molecule is C.[Al+3].[Al+3].[O-2].[O-2].[O-2]. The van der Waals surface area contributed by atoms with Crippen LogP contribution in [0.4, 0.5) is 0 Å². The Morgan fingerprint density at radius 1 is 0.500 bits per heavy atom. The maximum atomic E-state index is 0. The van der Waals surface area contributed by atoms with Gasteiger partial charge in [-0.25, -0.2) is 0 Å². The molecule has 0 amide bonds. The summed E-state index contributed by atoms with van der Waals surface area (Å²) in [4.78, 5) is 0. The average molecular weight is 118 g/mol. The summed E-state index contributed by atoms with van der Waals surface area (Å²) in [6.45, 7) is 0. The molecule has 0 saturated carbocycles. The summed E-state index contributed by atoms with van der Waals surface area (Å²) >= 11 is 0. The molecule has 0 aromatic heterocycles. The molecule has 6 heavy (non-hydrogen) atoms. The Bertz CT molecular complexity index is 8.75. The van der Waals surface area contributed by atoms with E-state index in [0.29, 0.717) is 0 Å². The van der Waals surface area contributed by atoms with Crippen LogP contribution in [0.2, 0.25) is 0 Å². The van der Waals surface area contributed by atoms with Crippen LogP contribution in [0.1, 0.15) is 7.43 Å². The van der Waals surface area contributed by atoms with Gasteiger partial charge in [-0.15, -0.1) is 0 Å². The third-order valence-electron chi connectivity index (χ3n) is 0. The molecule has 0 aliphatic carbocycles. The smallest absolute Gasteiger partial charge is 2.00 e. The minimum Gasteiger partial charge on any atom is -2.00 e. The predicted molar refractivity (Wildman–Crippen MR) is 20.3 cm³/mol. The Balaban J connectivity index is 0. The van der Waals surface area contributed by atoms with Crippen LogP contribution in [0.3, 0.4) is 0 Å². The van der Waals surface area contributed by atoms with Gasteiger partial charge in [0.2, 0.25) is 0 Å². The fourth-order valence-electron chi connectivity index (χ4n) is 0. The van der Waals surface area contributed by atoms with E-state index in [9.17, 15) is 0 Å². The first-order valence-corrected chi connectivity index (χ1v) is 0. The van der Waals surface area contributed by atoms with Crippen LogP contribution in [-0.2, 0) is 16.4 Å². The topological polar surface area (TPSA) is 85.5 Å². The first-order valence-electron chi connectivity index (χ1n) is 0. The fourth-order valence-corrected chi connectivity index (χ4v) is 0. The van der Waals surface area contributed by atoms with Gasteiger partial charge in [0.1, 0.15) is 0 Å². The first kappa shape index (κ1) is 275. The van der Waals surface area contributed by atoms with E-state index in [1.54, 1.807) is 0 Å². The minimum atomic E-state index is 0. The molecule has 0 saturated heterocycles. The van der Waals surface area contributed by atoms with Gasteiger partial charge in [0, 0.05) is 0 Å². The molecule has 0 N–H and O–H groups in total. The Morgan fingerprint density at radius 2 is 0.500 bits per heavy atom. The third-order valence-corrected chi connectivity index (χ3v) is 0. The van der Waals surface area contributed by atoms with E-state index in [4.69, 9.17) is 0 Å². The molecule has 0 heterocycles. The molecule has 0 bridgehead atoms. The standard InChI is InChI=1S/CH4.2Al.3O/h1H4;;;;;/q;2*+3;3*-2. The Labute approximate surface area is 58.9 Å². The van der Waals surface area contributed by atoms with Crippen molar-refractivity contribution in [1.29, 1.82) is 0 Å². The van der Waals surface area contributed by atoms with Crippen molar-refractivity contribution in [3.05, 3.63) is 0 Å². The molecule has 0 aromatic carbocycles. The molecule has 0 rings (SSSR count). The van der Waals surface area contributed by atoms with Gasteiger partial charge in [-0.3, -0.25) is 0 Å². The zero-order valence-electron chi connectivity index (χ0n) is 2.38. The van der Waals surface area contributed by atoms with E-state index < -0.39 is 0 Å². The van der Waals surface area contributed by atoms with Crippen LogP contribution in [0.5, 0.6) is 0 Å². The molecule has 0 atom stereocenters. The van der Waals surface area contributed by atoms with Crippen molar-refractivity contribution < 1.29 is 16.4 Å². The second kappa shape index (κ2) is 163. The molecule has 0 fully saturated rings. The van der Waals surface area contributed by atoms with Crippen LogP contribution in [0, 0.1) is 0 Å². The Morgan fingerprint density at radius 3 is 0.500 bits per heavy atom. The zero-order valence-corrected chi connectivity index (χ0v) is 4.69. The molecule has 0 aliphatic heterocycles. The van der Waals surface area contributed by atoms with Crippen LogP contribution >= 0.6 is 0 Å². The van der Waals surface area contributed by atoms with E-state index in [0.717, 1.165) is 0 Å². The Hall–Kier alpha value is 0.945. The van der Waals surface area contributed by atoms with Gasteiger partial charge < -0.3 is 16.4 Å². The van der Waals surface area contributed by atoms with Crippen LogP contribution < -0.4 is 0 Å². The molecular weight excluding hydrogens is 114 g/mol. The van der Waals surface area contributed by atoms with Gasteiger partial charge >= 0.3 is 34.7 Å². The Kier molecular flexibility index (Phi) is 7460. The second-order valence-electron chi connectivity index (χ2n) is 0. The molecule has 0 aliphatic rings. The van der Waals surface area contributed by atoms with Crippen molar-refractivity contribution in [3.8, 4) is 0 Å². The number of rotatable bonds is 0. The van der Waals surface area contributed by atoms with E-state index in [2.05, 4.69) is 0 Å². The molecule has 5 heteroatoms. The number of hydrogen-bond acceptors (Lipinski definition) is 0. The zero-order chi connectivity index (χ0) is 0. The average Bonchev–Trinajstić information content (AvgIpc) is 0. The van der Waals surface area contributed by atoms with Crippen molar-refractivity contribution in [1.82, 2.24) is 0 Å². The van der Waals surface area contributed by atoms with E-state index in [1.165, 1.54) is 0 Å². The summed E-state index contributed by atoms with van der Waals surface area (Å²) in [5.41, 5.74) is 0. The van der Waals surface area contributed by atoms with E-state index >= 15 is 0 Å². The summed E-state index contributed by atoms with van der Waals surface area (Å²) in [5, 5.41) is 0. The fraction of sp³-hybridized carbons (Fsp3) is 1.00. The van der Waals surface area contributed by atoms with Gasteiger partial charge in [0.15, 0.2) is 0 Å². The predicted octanol–water partition coefficient (Wildman–Crippen LogP) is -0.482. The van der Waals surface area contributed by atoms with Crippen molar-refractivity contribution in [3.63, 3.8) is 0 Å². The van der Waals surface area contributed by atoms with Crippen LogP contribution in [0.25, 0.3) is 0 Å². The normalized spacial score (nSPS) is 0. The number of hydrogen-bond donors (Lipinski definition) is 0. The maximum Gasteiger partial charge on any atom is 3.00 e. The summed E-state index contributed by atoms with van der Waals surface area (Å²) < 4.78 is 0. The van der Waals surface area contributed by atoms with Crippen molar-refractivity contribution in [2.45, 2.75) is 7.43 Å². The minimum absolute atomic E-state index is 0. The summed E-state index contributed by atoms with van der Waals surface area (Å²) in [5.74, 6) is 0. The van der Waals surface area contributed by atoms with Crippen molar-refractivity contribution in [2.75, 3.05) is 0 Å². The first-order chi connectivity index (χ1) is 0. The largest absolute Gasteiger partial charge is 3.00 e.